The number of nitrogens with one attached hydrogen (secondary N) is 1. The molecule has 1 aromatic heterocycles. The van der Waals surface area contributed by atoms with E-state index in [1.807, 2.05) is 30.3 Å². The highest BCUT2D eigenvalue weighted by molar-refractivity contribution is 6.08. The summed E-state index contributed by atoms with van der Waals surface area (Å²) >= 11 is 0. The fourth-order valence-corrected chi connectivity index (χ4v) is 4.44. The van der Waals surface area contributed by atoms with Crippen molar-refractivity contribution in [2.24, 2.45) is 0 Å². The van der Waals surface area contributed by atoms with E-state index in [1.54, 1.807) is 31.3 Å². The zero-order valence-corrected chi connectivity index (χ0v) is 19.7. The number of allylic oxidation sites excluding steroid dienone is 2. The van der Waals surface area contributed by atoms with E-state index in [0.717, 1.165) is 47.6 Å². The van der Waals surface area contributed by atoms with Gasteiger partial charge < -0.3 is 19.4 Å². The van der Waals surface area contributed by atoms with E-state index in [4.69, 9.17) is 9.15 Å². The van der Waals surface area contributed by atoms with Gasteiger partial charge in [0.15, 0.2) is 0 Å². The van der Waals surface area contributed by atoms with Gasteiger partial charge >= 0.3 is 6.03 Å². The lowest BCUT2D eigenvalue weighted by Gasteiger charge is -2.28. The summed E-state index contributed by atoms with van der Waals surface area (Å²) in [4.78, 5) is 42.0. The third-order valence-corrected chi connectivity index (χ3v) is 6.52. The van der Waals surface area contributed by atoms with Crippen LogP contribution in [-0.4, -0.2) is 46.8 Å². The van der Waals surface area contributed by atoms with Gasteiger partial charge in [0.25, 0.3) is 5.91 Å². The van der Waals surface area contributed by atoms with E-state index in [-0.39, 0.29) is 24.9 Å². The van der Waals surface area contributed by atoms with Crippen molar-refractivity contribution in [3.63, 3.8) is 0 Å². The van der Waals surface area contributed by atoms with Crippen molar-refractivity contribution in [2.75, 3.05) is 13.7 Å². The lowest BCUT2D eigenvalue weighted by molar-refractivity contribution is -0.138. The molecule has 0 bridgehead atoms. The molecule has 1 aliphatic heterocycles. The van der Waals surface area contributed by atoms with Crippen molar-refractivity contribution in [1.82, 2.24) is 15.1 Å². The Balaban J connectivity index is 1.44. The zero-order valence-electron chi connectivity index (χ0n) is 19.7. The Labute approximate surface area is 199 Å². The number of furan rings is 1. The summed E-state index contributed by atoms with van der Waals surface area (Å²) in [5, 5.41) is 2.80. The standard InChI is InChI=1S/C26H31N3O5/c1-26(15-14-19-10-12-21(33-2)13-11-19)24(31)29(25(32)27-26)18-23(30)28(17-22-9-6-16-34-22)20-7-4-3-5-8-20/h6-7,9-13,16H,3-5,8,14-15,17-18H2,1-2H3,(H,27,32). The molecule has 180 valence electrons. The van der Waals surface area contributed by atoms with Gasteiger partial charge in [-0.2, -0.15) is 0 Å². The van der Waals surface area contributed by atoms with E-state index in [2.05, 4.69) is 11.4 Å². The van der Waals surface area contributed by atoms with Crippen LogP contribution in [0.3, 0.4) is 0 Å². The molecule has 1 unspecified atom stereocenters. The Bertz CT molecular complexity index is 1060. The van der Waals surface area contributed by atoms with Crippen molar-refractivity contribution in [3.05, 3.63) is 65.8 Å². The Kier molecular flexibility index (Phi) is 7.05. The molecule has 1 aromatic carbocycles. The molecule has 2 aliphatic rings. The average molecular weight is 466 g/mol. The van der Waals surface area contributed by atoms with Crippen LogP contribution in [0.5, 0.6) is 5.75 Å². The number of hydrogen-bond acceptors (Lipinski definition) is 5. The van der Waals surface area contributed by atoms with Crippen LogP contribution in [0, 0.1) is 0 Å². The number of rotatable bonds is 9. The molecule has 8 heteroatoms. The van der Waals surface area contributed by atoms with Gasteiger partial charge in [-0.25, -0.2) is 4.79 Å². The zero-order chi connectivity index (χ0) is 24.1. The number of benzene rings is 1. The lowest BCUT2D eigenvalue weighted by atomic mass is 9.93. The fourth-order valence-electron chi connectivity index (χ4n) is 4.44. The molecule has 0 spiro atoms. The predicted octanol–water partition coefficient (Wildman–Crippen LogP) is 4.02. The van der Waals surface area contributed by atoms with Gasteiger partial charge in [0.05, 0.1) is 19.9 Å². The SMILES string of the molecule is COc1ccc(CCC2(C)NC(=O)N(CC(=O)N(Cc3ccco3)C3=CCCCC3)C2=O)cc1. The van der Waals surface area contributed by atoms with Crippen LogP contribution in [0.1, 0.15) is 50.4 Å². The molecule has 1 aliphatic carbocycles. The molecule has 1 N–H and O–H groups in total. The van der Waals surface area contributed by atoms with E-state index in [0.29, 0.717) is 18.6 Å². The predicted molar refractivity (Wildman–Crippen MR) is 126 cm³/mol. The first kappa shape index (κ1) is 23.6. The minimum absolute atomic E-state index is 0.274. The van der Waals surface area contributed by atoms with Crippen molar-refractivity contribution in [2.45, 2.75) is 57.5 Å². The van der Waals surface area contributed by atoms with E-state index in [9.17, 15) is 14.4 Å². The number of amides is 4. The van der Waals surface area contributed by atoms with E-state index >= 15 is 0 Å². The van der Waals surface area contributed by atoms with Gasteiger partial charge in [-0.3, -0.25) is 14.5 Å². The highest BCUT2D eigenvalue weighted by atomic mass is 16.5. The largest absolute Gasteiger partial charge is 0.497 e. The molecule has 34 heavy (non-hydrogen) atoms. The minimum atomic E-state index is -1.06. The third-order valence-electron chi connectivity index (χ3n) is 6.52. The number of urea groups is 1. The van der Waals surface area contributed by atoms with E-state index in [1.165, 1.54) is 0 Å². The molecule has 0 saturated carbocycles. The maximum atomic E-state index is 13.3. The lowest BCUT2D eigenvalue weighted by Crippen LogP contribution is -2.46. The maximum absolute atomic E-state index is 13.3. The topological polar surface area (TPSA) is 92.1 Å². The van der Waals surface area contributed by atoms with Gasteiger partial charge in [-0.15, -0.1) is 0 Å². The van der Waals surface area contributed by atoms with Crippen LogP contribution in [0.4, 0.5) is 4.79 Å². The highest BCUT2D eigenvalue weighted by Crippen LogP contribution is 2.26. The van der Waals surface area contributed by atoms with Crippen molar-refractivity contribution >= 4 is 17.8 Å². The van der Waals surface area contributed by atoms with Crippen molar-refractivity contribution in [3.8, 4) is 5.75 Å². The van der Waals surface area contributed by atoms with Crippen LogP contribution < -0.4 is 10.1 Å². The number of ether oxygens (including phenoxy) is 1. The van der Waals surface area contributed by atoms with Gasteiger partial charge in [0.2, 0.25) is 5.91 Å². The number of methoxy groups -OCH3 is 1. The number of carbonyl (C=O) groups is 3. The second kappa shape index (κ2) is 10.2. The second-order valence-corrected chi connectivity index (χ2v) is 9.00. The first-order valence-electron chi connectivity index (χ1n) is 11.7. The number of aryl methyl sites for hydroxylation is 1. The Hall–Kier alpha value is -3.55. The molecule has 1 fully saturated rings. The normalized spacial score (nSPS) is 20.2. The first-order chi connectivity index (χ1) is 16.4. The average Bonchev–Trinajstić information content (AvgIpc) is 3.44. The highest BCUT2D eigenvalue weighted by Gasteiger charge is 2.48. The summed E-state index contributed by atoms with van der Waals surface area (Å²) in [6.45, 7) is 1.68. The molecule has 2 aromatic rings. The molecular weight excluding hydrogens is 434 g/mol. The molecule has 2 heterocycles. The summed E-state index contributed by atoms with van der Waals surface area (Å²) in [6, 6.07) is 10.7. The monoisotopic (exact) mass is 465 g/mol. The second-order valence-electron chi connectivity index (χ2n) is 9.00. The van der Waals surface area contributed by atoms with Gasteiger partial charge in [-0.1, -0.05) is 18.2 Å². The summed E-state index contributed by atoms with van der Waals surface area (Å²) in [6.07, 6.45) is 8.44. The van der Waals surface area contributed by atoms with Crippen LogP contribution in [0.25, 0.3) is 0 Å². The fraction of sp³-hybridized carbons (Fsp3) is 0.423. The molecule has 4 rings (SSSR count). The quantitative estimate of drug-likeness (QED) is 0.565. The molecule has 1 atom stereocenters. The van der Waals surface area contributed by atoms with Crippen LogP contribution in [-0.2, 0) is 22.6 Å². The summed E-state index contributed by atoms with van der Waals surface area (Å²) < 4.78 is 10.6. The minimum Gasteiger partial charge on any atom is -0.497 e. The van der Waals surface area contributed by atoms with Crippen molar-refractivity contribution < 1.29 is 23.5 Å². The maximum Gasteiger partial charge on any atom is 0.325 e. The van der Waals surface area contributed by atoms with E-state index < -0.39 is 11.6 Å². The summed E-state index contributed by atoms with van der Waals surface area (Å²) in [7, 11) is 1.61. The number of hydrogen-bond donors (Lipinski definition) is 1. The molecule has 4 amide bonds. The molecule has 8 nitrogen and oxygen atoms in total. The smallest absolute Gasteiger partial charge is 0.325 e. The molecule has 0 radical (unpaired) electrons. The van der Waals surface area contributed by atoms with Crippen molar-refractivity contribution in [1.29, 1.82) is 0 Å². The Morgan fingerprint density at radius 2 is 2.00 bits per heavy atom. The Morgan fingerprint density at radius 1 is 1.21 bits per heavy atom. The molecule has 1 saturated heterocycles. The number of carbonyl (C=O) groups excluding carboxylic acids is 3. The Morgan fingerprint density at radius 3 is 2.65 bits per heavy atom. The van der Waals surface area contributed by atoms with Crippen LogP contribution in [0.15, 0.2) is 58.9 Å². The van der Waals surface area contributed by atoms with Crippen LogP contribution in [0.2, 0.25) is 0 Å². The van der Waals surface area contributed by atoms with Gasteiger partial charge in [0, 0.05) is 5.70 Å². The number of imide groups is 1. The summed E-state index contributed by atoms with van der Waals surface area (Å²) in [5.74, 6) is 0.737. The van der Waals surface area contributed by atoms with Gasteiger partial charge in [-0.05, 0) is 75.3 Å². The third kappa shape index (κ3) is 5.16. The molecular formula is C26H31N3O5. The van der Waals surface area contributed by atoms with Crippen LogP contribution >= 0.6 is 0 Å². The summed E-state index contributed by atoms with van der Waals surface area (Å²) in [5.41, 5.74) is 0.891. The first-order valence-corrected chi connectivity index (χ1v) is 11.7. The number of nitrogens with zero attached hydrogens (tertiary/aromatic N) is 2. The van der Waals surface area contributed by atoms with Gasteiger partial charge in [0.1, 0.15) is 23.6 Å².